The number of allylic oxidation sites excluding steroid dienone is 2. The van der Waals surface area contributed by atoms with Gasteiger partial charge in [0.05, 0.1) is 0 Å². The van der Waals surface area contributed by atoms with Gasteiger partial charge in [-0.25, -0.2) is 0 Å². The topological polar surface area (TPSA) is 23.1 Å². The molecule has 0 saturated heterocycles. The summed E-state index contributed by atoms with van der Waals surface area (Å²) in [6, 6.07) is 0. The van der Waals surface area contributed by atoms with E-state index < -0.39 is 0 Å². The second-order valence-corrected chi connectivity index (χ2v) is 4.51. The summed E-state index contributed by atoms with van der Waals surface area (Å²) in [5, 5.41) is 10.9. The first-order valence-corrected chi connectivity index (χ1v) is 4.36. The van der Waals surface area contributed by atoms with Gasteiger partial charge in [0.2, 0.25) is 0 Å². The van der Waals surface area contributed by atoms with Gasteiger partial charge in [0.15, 0.2) is 0 Å². The fourth-order valence-corrected chi connectivity index (χ4v) is 1.60. The minimum Gasteiger partial charge on any atom is -0.876 e. The summed E-state index contributed by atoms with van der Waals surface area (Å²) in [6.45, 7) is 6.75. The molecule has 12 heavy (non-hydrogen) atoms. The maximum absolute atomic E-state index is 10.9. The largest absolute Gasteiger partial charge is 1.00 e. The molecule has 0 saturated carbocycles. The maximum atomic E-state index is 10.9. The average molecular weight is 160 g/mol. The Kier molecular flexibility index (Phi) is 4.45. The van der Waals surface area contributed by atoms with Crippen LogP contribution in [0.25, 0.3) is 0 Å². The van der Waals surface area contributed by atoms with E-state index in [-0.39, 0.29) is 18.9 Å². The van der Waals surface area contributed by atoms with Gasteiger partial charge in [0, 0.05) is 0 Å². The van der Waals surface area contributed by atoms with Gasteiger partial charge in [-0.15, -0.1) is 5.76 Å². The van der Waals surface area contributed by atoms with E-state index in [0.29, 0.717) is 17.1 Å². The smallest absolute Gasteiger partial charge is 0.876 e. The predicted octanol–water partition coefficient (Wildman–Crippen LogP) is -0.919. The van der Waals surface area contributed by atoms with Crippen LogP contribution in [0.15, 0.2) is 11.8 Å². The number of hydrogen-bond acceptors (Lipinski definition) is 1. The monoisotopic (exact) mass is 160 g/mol. The zero-order valence-electron chi connectivity index (χ0n) is 8.68. The van der Waals surface area contributed by atoms with E-state index in [4.69, 9.17) is 0 Å². The first-order valence-electron chi connectivity index (χ1n) is 4.36. The van der Waals surface area contributed by atoms with Crippen LogP contribution in [0.2, 0.25) is 0 Å². The van der Waals surface area contributed by atoms with Crippen molar-refractivity contribution in [1.82, 2.24) is 0 Å². The third-order valence-corrected chi connectivity index (χ3v) is 2.59. The molecule has 1 nitrogen and oxygen atoms in total. The fourth-order valence-electron chi connectivity index (χ4n) is 1.60. The van der Waals surface area contributed by atoms with E-state index in [0.717, 1.165) is 19.3 Å². The number of rotatable bonds is 0. The van der Waals surface area contributed by atoms with Crippen LogP contribution in [0.3, 0.4) is 0 Å². The van der Waals surface area contributed by atoms with E-state index in [1.807, 2.05) is 6.08 Å². The third-order valence-electron chi connectivity index (χ3n) is 2.59. The van der Waals surface area contributed by atoms with E-state index in [1.165, 1.54) is 0 Å². The van der Waals surface area contributed by atoms with Crippen molar-refractivity contribution in [3.63, 3.8) is 0 Å². The van der Waals surface area contributed by atoms with Gasteiger partial charge in [0.1, 0.15) is 0 Å². The molecule has 0 aromatic rings. The molecule has 0 amide bonds. The third kappa shape index (κ3) is 3.25. The minimum atomic E-state index is 0. The van der Waals surface area contributed by atoms with Gasteiger partial charge < -0.3 is 5.11 Å². The predicted molar refractivity (Wildman–Crippen MR) is 44.9 cm³/mol. The van der Waals surface area contributed by atoms with Crippen LogP contribution in [-0.2, 0) is 0 Å². The van der Waals surface area contributed by atoms with Crippen molar-refractivity contribution in [2.24, 2.45) is 11.3 Å². The molecule has 1 aliphatic rings. The molecule has 0 fully saturated rings. The molecular formula is C10H17LiO. The Morgan fingerprint density at radius 3 is 2.33 bits per heavy atom. The van der Waals surface area contributed by atoms with Crippen molar-refractivity contribution in [3.05, 3.63) is 11.8 Å². The zero-order chi connectivity index (χ0) is 8.48. The van der Waals surface area contributed by atoms with Gasteiger partial charge in [-0.05, 0) is 30.6 Å². The summed E-state index contributed by atoms with van der Waals surface area (Å²) in [6.07, 6.45) is 4.70. The maximum Gasteiger partial charge on any atom is 1.00 e. The van der Waals surface area contributed by atoms with Gasteiger partial charge >= 0.3 is 18.9 Å². The molecule has 1 aliphatic carbocycles. The molecule has 0 N–H and O–H groups in total. The molecule has 2 heteroatoms. The summed E-state index contributed by atoms with van der Waals surface area (Å²) >= 11 is 0. The second kappa shape index (κ2) is 4.40. The van der Waals surface area contributed by atoms with Gasteiger partial charge in [-0.2, -0.15) is 0 Å². The van der Waals surface area contributed by atoms with Crippen molar-refractivity contribution < 1.29 is 24.0 Å². The van der Waals surface area contributed by atoms with E-state index in [9.17, 15) is 5.11 Å². The molecule has 0 aromatic heterocycles. The van der Waals surface area contributed by atoms with Crippen LogP contribution in [-0.4, -0.2) is 0 Å². The summed E-state index contributed by atoms with van der Waals surface area (Å²) in [5.74, 6) is 1.05. The molecule has 0 aliphatic heterocycles. The molecule has 1 rings (SSSR count). The standard InChI is InChI=1S/C10H18O.Li/c1-10(2,3)8-4-6-9(11)7-5-8;/h6,8,11H,4-5,7H2,1-3H3;/q;+1/p-1/t8-;/m0./s1. The van der Waals surface area contributed by atoms with Crippen LogP contribution in [0.4, 0.5) is 0 Å². The Morgan fingerprint density at radius 2 is 2.00 bits per heavy atom. The first-order chi connectivity index (χ1) is 5.00. The molecule has 0 unspecified atom stereocenters. The van der Waals surface area contributed by atoms with E-state index in [2.05, 4.69) is 20.8 Å². The van der Waals surface area contributed by atoms with Gasteiger partial charge in [-0.3, -0.25) is 0 Å². The normalized spacial score (nSPS) is 24.2. The summed E-state index contributed by atoms with van der Waals surface area (Å²) < 4.78 is 0. The molecular weight excluding hydrogens is 143 g/mol. The molecule has 0 aromatic carbocycles. The second-order valence-electron chi connectivity index (χ2n) is 4.51. The average Bonchev–Trinajstić information content (AvgIpc) is 1.86. The molecule has 0 heterocycles. The molecule has 0 spiro atoms. The van der Waals surface area contributed by atoms with Crippen LogP contribution in [0.5, 0.6) is 0 Å². The summed E-state index contributed by atoms with van der Waals surface area (Å²) in [7, 11) is 0. The van der Waals surface area contributed by atoms with Crippen molar-refractivity contribution in [2.75, 3.05) is 0 Å². The zero-order valence-corrected chi connectivity index (χ0v) is 8.68. The Bertz CT molecular complexity index is 167. The Labute approximate surface area is 87.4 Å². The van der Waals surface area contributed by atoms with Crippen molar-refractivity contribution in [3.8, 4) is 0 Å². The van der Waals surface area contributed by atoms with Crippen molar-refractivity contribution in [2.45, 2.75) is 40.0 Å². The Morgan fingerprint density at radius 1 is 1.42 bits per heavy atom. The quantitative estimate of drug-likeness (QED) is 0.420. The Balaban J connectivity index is 0.00000121. The fraction of sp³-hybridized carbons (Fsp3) is 0.800. The van der Waals surface area contributed by atoms with E-state index in [1.54, 1.807) is 0 Å². The Hall–Kier alpha value is 0.137. The number of hydrogen-bond donors (Lipinski definition) is 0. The van der Waals surface area contributed by atoms with E-state index >= 15 is 0 Å². The van der Waals surface area contributed by atoms with Crippen molar-refractivity contribution >= 4 is 0 Å². The molecule has 0 bridgehead atoms. The molecule has 1 atom stereocenters. The summed E-state index contributed by atoms with van der Waals surface area (Å²) in [5.41, 5.74) is 0.372. The molecule has 0 radical (unpaired) electrons. The van der Waals surface area contributed by atoms with Gasteiger partial charge in [-0.1, -0.05) is 26.8 Å². The first kappa shape index (κ1) is 12.1. The van der Waals surface area contributed by atoms with Gasteiger partial charge in [0.25, 0.3) is 0 Å². The van der Waals surface area contributed by atoms with Crippen LogP contribution < -0.4 is 24.0 Å². The van der Waals surface area contributed by atoms with Crippen LogP contribution >= 0.6 is 0 Å². The molecule has 64 valence electrons. The SMILES string of the molecule is CC(C)(C)[C@H]1CC=C([O-])CC1.[Li+]. The van der Waals surface area contributed by atoms with Crippen LogP contribution in [0, 0.1) is 11.3 Å². The van der Waals surface area contributed by atoms with Crippen LogP contribution in [0.1, 0.15) is 40.0 Å². The van der Waals surface area contributed by atoms with Crippen molar-refractivity contribution in [1.29, 1.82) is 0 Å². The minimum absolute atomic E-state index is 0. The summed E-state index contributed by atoms with van der Waals surface area (Å²) in [4.78, 5) is 0.